The van der Waals surface area contributed by atoms with Crippen LogP contribution in [0.25, 0.3) is 21.9 Å². The van der Waals surface area contributed by atoms with Crippen LogP contribution in [0.2, 0.25) is 0 Å². The van der Waals surface area contributed by atoms with Crippen LogP contribution in [0, 0.1) is 0 Å². The molecule has 2 aliphatic heterocycles. The summed E-state index contributed by atoms with van der Waals surface area (Å²) in [6, 6.07) is 63.7. The molecule has 0 N–H and O–H groups in total. The first-order valence-corrected chi connectivity index (χ1v) is 23.6. The Morgan fingerprint density at radius 1 is 0.415 bits per heavy atom. The lowest BCUT2D eigenvalue weighted by molar-refractivity contribution is 0.669. The third kappa shape index (κ3) is 6.74. The van der Waals surface area contributed by atoms with Gasteiger partial charge in [0, 0.05) is 50.6 Å². The van der Waals surface area contributed by atoms with Crippen LogP contribution in [0.5, 0.6) is 0 Å². The van der Waals surface area contributed by atoms with Gasteiger partial charge in [0.25, 0.3) is 6.71 Å². The molecule has 0 amide bonds. The van der Waals surface area contributed by atoms with Crippen LogP contribution in [-0.2, 0) is 0 Å². The predicted molar refractivity (Wildman–Crippen MR) is 279 cm³/mol. The zero-order valence-electron chi connectivity index (χ0n) is 38.8. The Kier molecular flexibility index (Phi) is 9.99. The molecule has 0 fully saturated rings. The highest BCUT2D eigenvalue weighted by Gasteiger charge is 2.44. The molecule has 0 bridgehead atoms. The van der Waals surface area contributed by atoms with Gasteiger partial charge in [-0.1, -0.05) is 152 Å². The lowest BCUT2D eigenvalue weighted by atomic mass is 9.33. The fourth-order valence-corrected chi connectivity index (χ4v) is 10.4. The maximum Gasteiger partial charge on any atom is 0.252 e. The van der Waals surface area contributed by atoms with E-state index in [0.29, 0.717) is 23.7 Å². The van der Waals surface area contributed by atoms with Gasteiger partial charge in [-0.25, -0.2) is 0 Å². The summed E-state index contributed by atoms with van der Waals surface area (Å²) in [6.45, 7) is 18.3. The van der Waals surface area contributed by atoms with Gasteiger partial charge in [0.2, 0.25) is 0 Å². The van der Waals surface area contributed by atoms with Crippen LogP contribution in [0.1, 0.15) is 101 Å². The molecule has 4 nitrogen and oxygen atoms in total. The first-order chi connectivity index (χ1) is 31.5. The first kappa shape index (κ1) is 40.8. The molecule has 0 aliphatic carbocycles. The maximum absolute atomic E-state index is 6.84. The molecule has 11 rings (SSSR count). The molecule has 0 atom stereocenters. The van der Waals surface area contributed by atoms with Crippen LogP contribution >= 0.6 is 0 Å². The summed E-state index contributed by atoms with van der Waals surface area (Å²) in [6.07, 6.45) is 0. The second-order valence-electron chi connectivity index (χ2n) is 19.4. The Balaban J connectivity index is 1.27. The van der Waals surface area contributed by atoms with Gasteiger partial charge in [0.05, 0.1) is 11.4 Å². The summed E-state index contributed by atoms with van der Waals surface area (Å²) < 4.78 is 6.84. The molecule has 320 valence electrons. The molecule has 8 aromatic carbocycles. The average molecular weight is 846 g/mol. The quantitative estimate of drug-likeness (QED) is 0.135. The van der Waals surface area contributed by atoms with Crippen molar-refractivity contribution in [3.8, 4) is 0 Å². The number of rotatable bonds is 9. The van der Waals surface area contributed by atoms with E-state index in [1.807, 2.05) is 0 Å². The Morgan fingerprint density at radius 3 is 1.42 bits per heavy atom. The van der Waals surface area contributed by atoms with Crippen LogP contribution in [-0.4, -0.2) is 6.71 Å². The van der Waals surface area contributed by atoms with Crippen molar-refractivity contribution < 1.29 is 4.42 Å². The summed E-state index contributed by atoms with van der Waals surface area (Å²) >= 11 is 0. The van der Waals surface area contributed by atoms with Gasteiger partial charge in [0.15, 0.2) is 5.58 Å². The molecule has 1 aromatic heterocycles. The summed E-state index contributed by atoms with van der Waals surface area (Å²) in [5.41, 5.74) is 21.3. The predicted octanol–water partition coefficient (Wildman–Crippen LogP) is 15.6. The Morgan fingerprint density at radius 2 is 0.892 bits per heavy atom. The number of fused-ring (bicyclic) bond motifs is 7. The molecule has 0 saturated carbocycles. The number of nitrogens with zero attached hydrogens (tertiary/aromatic N) is 3. The first-order valence-electron chi connectivity index (χ1n) is 23.6. The number of furan rings is 1. The van der Waals surface area contributed by atoms with Crippen LogP contribution < -0.4 is 31.1 Å². The average Bonchev–Trinajstić information content (AvgIpc) is 3.71. The second kappa shape index (κ2) is 15.9. The minimum Gasteiger partial charge on any atom is -0.454 e. The van der Waals surface area contributed by atoms with E-state index in [2.05, 4.69) is 240 Å². The molecule has 65 heavy (non-hydrogen) atoms. The van der Waals surface area contributed by atoms with Crippen LogP contribution in [0.4, 0.5) is 51.2 Å². The second-order valence-corrected chi connectivity index (χ2v) is 19.4. The van der Waals surface area contributed by atoms with E-state index < -0.39 is 0 Å². The molecular weight excluding hydrogens is 789 g/mol. The zero-order chi connectivity index (χ0) is 44.7. The smallest absolute Gasteiger partial charge is 0.252 e. The highest BCUT2D eigenvalue weighted by Crippen LogP contribution is 2.50. The lowest BCUT2D eigenvalue weighted by Gasteiger charge is -2.45. The molecular formula is C60H56BN3O. The van der Waals surface area contributed by atoms with Crippen molar-refractivity contribution in [3.05, 3.63) is 192 Å². The normalized spacial score (nSPS) is 13.1. The number of benzene rings is 8. The summed E-state index contributed by atoms with van der Waals surface area (Å²) in [7, 11) is 0. The van der Waals surface area contributed by atoms with Gasteiger partial charge < -0.3 is 19.1 Å². The SMILES string of the molecule is CC(C)c1ccc(N2c3ccc(C(C)C)cc3B3c4cc(C(C)C)ccc4N(c4ccc(C(C)C)cc4)c4cc(N(c5ccccc5)c5cccc6c5oc5ccccc56)cc2c43)cc1. The fraction of sp³-hybridized carbons (Fsp3) is 0.200. The van der Waals surface area contributed by atoms with Crippen molar-refractivity contribution in [1.29, 1.82) is 0 Å². The highest BCUT2D eigenvalue weighted by atomic mass is 16.3. The molecule has 3 heterocycles. The van der Waals surface area contributed by atoms with Crippen molar-refractivity contribution in [2.75, 3.05) is 14.7 Å². The Bertz CT molecular complexity index is 3100. The minimum atomic E-state index is -0.00203. The van der Waals surface area contributed by atoms with Gasteiger partial charge in [-0.05, 0) is 135 Å². The Labute approximate surface area is 384 Å². The van der Waals surface area contributed by atoms with Crippen LogP contribution in [0.3, 0.4) is 0 Å². The largest absolute Gasteiger partial charge is 0.454 e. The highest BCUT2D eigenvalue weighted by molar-refractivity contribution is 7.00. The lowest BCUT2D eigenvalue weighted by Crippen LogP contribution is -2.61. The van der Waals surface area contributed by atoms with E-state index in [0.717, 1.165) is 50.4 Å². The monoisotopic (exact) mass is 845 g/mol. The number of anilines is 9. The van der Waals surface area contributed by atoms with E-state index in [4.69, 9.17) is 4.42 Å². The van der Waals surface area contributed by atoms with Gasteiger partial charge in [0.1, 0.15) is 5.58 Å². The number of hydrogen-bond donors (Lipinski definition) is 0. The molecule has 0 saturated heterocycles. The number of hydrogen-bond acceptors (Lipinski definition) is 4. The third-order valence-electron chi connectivity index (χ3n) is 14.0. The van der Waals surface area contributed by atoms with Gasteiger partial charge >= 0.3 is 0 Å². The van der Waals surface area contributed by atoms with E-state index >= 15 is 0 Å². The number of para-hydroxylation sites is 3. The molecule has 2 aliphatic rings. The summed E-state index contributed by atoms with van der Waals surface area (Å²) in [5.74, 6) is 1.61. The zero-order valence-corrected chi connectivity index (χ0v) is 38.8. The summed E-state index contributed by atoms with van der Waals surface area (Å²) in [5, 5.41) is 2.21. The van der Waals surface area contributed by atoms with Crippen molar-refractivity contribution in [2.45, 2.75) is 79.1 Å². The van der Waals surface area contributed by atoms with Crippen molar-refractivity contribution in [2.24, 2.45) is 0 Å². The van der Waals surface area contributed by atoms with E-state index in [1.54, 1.807) is 0 Å². The Hall–Kier alpha value is -6.98. The van der Waals surface area contributed by atoms with Gasteiger partial charge in [-0.3, -0.25) is 0 Å². The van der Waals surface area contributed by atoms with E-state index in [1.165, 1.54) is 61.4 Å². The van der Waals surface area contributed by atoms with Crippen molar-refractivity contribution >= 4 is 96.2 Å². The topological polar surface area (TPSA) is 22.9 Å². The van der Waals surface area contributed by atoms with Crippen LogP contribution in [0.15, 0.2) is 174 Å². The van der Waals surface area contributed by atoms with Gasteiger partial charge in [-0.2, -0.15) is 0 Å². The van der Waals surface area contributed by atoms with Crippen molar-refractivity contribution in [1.82, 2.24) is 0 Å². The van der Waals surface area contributed by atoms with Crippen molar-refractivity contribution in [3.63, 3.8) is 0 Å². The fourth-order valence-electron chi connectivity index (χ4n) is 10.4. The van der Waals surface area contributed by atoms with Gasteiger partial charge in [-0.15, -0.1) is 0 Å². The molecule has 0 spiro atoms. The summed E-state index contributed by atoms with van der Waals surface area (Å²) in [4.78, 5) is 7.50. The van der Waals surface area contributed by atoms with E-state index in [-0.39, 0.29) is 6.71 Å². The molecule has 9 aromatic rings. The van der Waals surface area contributed by atoms with E-state index in [9.17, 15) is 0 Å². The molecule has 0 unspecified atom stereocenters. The third-order valence-corrected chi connectivity index (χ3v) is 14.0. The standard InChI is InChI=1S/C60H56BN3O/c1-37(2)41-21-27-46(28-22-41)63-53-31-25-43(39(5)6)33-51(53)61-52-34-44(40(7)8)26-32-54(52)64(47-29-23-42(24-30-47)38(3)4)57-36-48(35-56(63)59(57)61)62(45-15-10-9-11-16-45)55-19-14-18-50-49-17-12-13-20-58(49)65-60(50)55/h9-40H,1-8H3. The molecule has 0 radical (unpaired) electrons. The molecule has 5 heteroatoms. The maximum atomic E-state index is 6.84. The minimum absolute atomic E-state index is 0.00203.